The molecule has 0 heterocycles. The molecule has 0 aromatic heterocycles. The average Bonchev–Trinajstić information content (AvgIpc) is 2.74. The highest BCUT2D eigenvalue weighted by molar-refractivity contribution is 5.82. The number of amides is 1. The van der Waals surface area contributed by atoms with Gasteiger partial charge in [-0.1, -0.05) is 73.2 Å². The minimum atomic E-state index is -0.547. The molecule has 3 aromatic rings. The highest BCUT2D eigenvalue weighted by atomic mass is 16.5. The number of carbonyl (C=O) groups excluding carboxylic acids is 1. The second-order valence-corrected chi connectivity index (χ2v) is 7.52. The van der Waals surface area contributed by atoms with Crippen LogP contribution in [-0.2, 0) is 4.79 Å². The predicted octanol–water partition coefficient (Wildman–Crippen LogP) is 5.68. The standard InChI is InChI=1S/C26H29NO2/c1-5-24(29-23-16-13-19(3)20(4)17-23)26(28)27-25(21-9-7-6-8-10-21)22-14-11-18(2)12-15-22/h6-17,24-25H,5H2,1-4H3,(H,27,28)/t24-,25+/m0/s1. The summed E-state index contributed by atoms with van der Waals surface area (Å²) in [4.78, 5) is 13.1. The summed E-state index contributed by atoms with van der Waals surface area (Å²) in [5.41, 5.74) is 5.65. The fourth-order valence-corrected chi connectivity index (χ4v) is 3.27. The largest absolute Gasteiger partial charge is 0.481 e. The maximum Gasteiger partial charge on any atom is 0.261 e. The van der Waals surface area contributed by atoms with Crippen molar-refractivity contribution in [1.82, 2.24) is 5.32 Å². The average molecular weight is 388 g/mol. The summed E-state index contributed by atoms with van der Waals surface area (Å²) >= 11 is 0. The smallest absolute Gasteiger partial charge is 0.261 e. The first-order valence-electron chi connectivity index (χ1n) is 10.1. The second-order valence-electron chi connectivity index (χ2n) is 7.52. The van der Waals surface area contributed by atoms with E-state index in [-0.39, 0.29) is 11.9 Å². The molecule has 3 nitrogen and oxygen atoms in total. The third-order valence-corrected chi connectivity index (χ3v) is 5.25. The summed E-state index contributed by atoms with van der Waals surface area (Å²) in [6.45, 7) is 8.14. The summed E-state index contributed by atoms with van der Waals surface area (Å²) in [6, 6.07) is 24.0. The van der Waals surface area contributed by atoms with Crippen molar-refractivity contribution in [3.05, 3.63) is 101 Å². The van der Waals surface area contributed by atoms with E-state index in [1.165, 1.54) is 11.1 Å². The Morgan fingerprint density at radius 3 is 2.14 bits per heavy atom. The molecular weight excluding hydrogens is 358 g/mol. The van der Waals surface area contributed by atoms with Crippen LogP contribution < -0.4 is 10.1 Å². The van der Waals surface area contributed by atoms with Gasteiger partial charge >= 0.3 is 0 Å². The molecular formula is C26H29NO2. The van der Waals surface area contributed by atoms with Gasteiger partial charge in [0.25, 0.3) is 5.91 Å². The van der Waals surface area contributed by atoms with Crippen LogP contribution in [0.25, 0.3) is 0 Å². The minimum absolute atomic E-state index is 0.111. The lowest BCUT2D eigenvalue weighted by Gasteiger charge is -2.24. The first-order chi connectivity index (χ1) is 14.0. The van der Waals surface area contributed by atoms with Gasteiger partial charge in [0.15, 0.2) is 6.10 Å². The van der Waals surface area contributed by atoms with E-state index < -0.39 is 6.10 Å². The lowest BCUT2D eigenvalue weighted by atomic mass is 9.97. The van der Waals surface area contributed by atoms with Crippen molar-refractivity contribution in [3.8, 4) is 5.75 Å². The van der Waals surface area contributed by atoms with E-state index in [9.17, 15) is 4.79 Å². The molecule has 0 aliphatic rings. The Balaban J connectivity index is 1.82. The van der Waals surface area contributed by atoms with Crippen molar-refractivity contribution in [2.75, 3.05) is 0 Å². The number of nitrogens with one attached hydrogen (secondary N) is 1. The molecule has 3 heteroatoms. The Morgan fingerprint density at radius 2 is 1.52 bits per heavy atom. The second kappa shape index (κ2) is 9.42. The van der Waals surface area contributed by atoms with Gasteiger partial charge in [-0.05, 0) is 61.6 Å². The van der Waals surface area contributed by atoms with Crippen molar-refractivity contribution in [3.63, 3.8) is 0 Å². The maximum atomic E-state index is 13.1. The van der Waals surface area contributed by atoms with Crippen LogP contribution in [0.15, 0.2) is 72.8 Å². The highest BCUT2D eigenvalue weighted by Gasteiger charge is 2.24. The topological polar surface area (TPSA) is 38.3 Å². The van der Waals surface area contributed by atoms with Gasteiger partial charge in [0.2, 0.25) is 0 Å². The van der Waals surface area contributed by atoms with E-state index >= 15 is 0 Å². The Labute approximate surface area is 173 Å². The highest BCUT2D eigenvalue weighted by Crippen LogP contribution is 2.24. The van der Waals surface area contributed by atoms with E-state index in [1.54, 1.807) is 0 Å². The molecule has 1 N–H and O–H groups in total. The van der Waals surface area contributed by atoms with Crippen LogP contribution >= 0.6 is 0 Å². The SMILES string of the molecule is CC[C@H](Oc1ccc(C)c(C)c1)C(=O)N[C@H](c1ccccc1)c1ccc(C)cc1. The molecule has 0 bridgehead atoms. The fourth-order valence-electron chi connectivity index (χ4n) is 3.27. The van der Waals surface area contributed by atoms with Crippen LogP contribution in [0.5, 0.6) is 5.75 Å². The number of aryl methyl sites for hydroxylation is 3. The van der Waals surface area contributed by atoms with E-state index in [0.29, 0.717) is 6.42 Å². The molecule has 3 rings (SSSR count). The van der Waals surface area contributed by atoms with Gasteiger partial charge in [-0.15, -0.1) is 0 Å². The summed E-state index contributed by atoms with van der Waals surface area (Å²) in [5.74, 6) is 0.613. The zero-order valence-corrected chi connectivity index (χ0v) is 17.6. The van der Waals surface area contributed by atoms with Crippen LogP contribution in [-0.4, -0.2) is 12.0 Å². The number of rotatable bonds is 7. The lowest BCUT2D eigenvalue weighted by molar-refractivity contribution is -0.128. The third-order valence-electron chi connectivity index (χ3n) is 5.25. The molecule has 2 atom stereocenters. The molecule has 0 saturated carbocycles. The zero-order chi connectivity index (χ0) is 20.8. The van der Waals surface area contributed by atoms with Crippen molar-refractivity contribution in [2.45, 2.75) is 46.3 Å². The summed E-state index contributed by atoms with van der Waals surface area (Å²) in [6.07, 6.45) is 0.0440. The Morgan fingerprint density at radius 1 is 0.862 bits per heavy atom. The van der Waals surface area contributed by atoms with E-state index in [2.05, 4.69) is 43.4 Å². The van der Waals surface area contributed by atoms with Crippen LogP contribution in [0.4, 0.5) is 0 Å². The van der Waals surface area contributed by atoms with Gasteiger partial charge in [0.1, 0.15) is 5.75 Å². The number of carbonyl (C=O) groups is 1. The van der Waals surface area contributed by atoms with Crippen LogP contribution in [0.1, 0.15) is 47.2 Å². The van der Waals surface area contributed by atoms with E-state index in [1.807, 2.05) is 62.4 Å². The number of ether oxygens (including phenoxy) is 1. The van der Waals surface area contributed by atoms with Crippen molar-refractivity contribution >= 4 is 5.91 Å². The molecule has 150 valence electrons. The van der Waals surface area contributed by atoms with Gasteiger partial charge in [-0.25, -0.2) is 0 Å². The van der Waals surface area contributed by atoms with Gasteiger partial charge in [-0.3, -0.25) is 4.79 Å². The van der Waals surface area contributed by atoms with Gasteiger partial charge in [0, 0.05) is 0 Å². The molecule has 0 radical (unpaired) electrons. The molecule has 29 heavy (non-hydrogen) atoms. The lowest BCUT2D eigenvalue weighted by Crippen LogP contribution is -2.40. The van der Waals surface area contributed by atoms with Crippen LogP contribution in [0.2, 0.25) is 0 Å². The van der Waals surface area contributed by atoms with Crippen molar-refractivity contribution < 1.29 is 9.53 Å². The normalized spacial score (nSPS) is 12.8. The third kappa shape index (κ3) is 5.26. The fraction of sp³-hybridized carbons (Fsp3) is 0.269. The molecule has 0 spiro atoms. The summed E-state index contributed by atoms with van der Waals surface area (Å²) in [7, 11) is 0. The monoisotopic (exact) mass is 387 g/mol. The molecule has 3 aromatic carbocycles. The molecule has 0 fully saturated rings. The first kappa shape index (κ1) is 20.7. The Bertz CT molecular complexity index is 948. The molecule has 1 amide bonds. The van der Waals surface area contributed by atoms with Crippen LogP contribution in [0.3, 0.4) is 0 Å². The molecule has 0 unspecified atom stereocenters. The molecule has 0 saturated heterocycles. The molecule has 0 aliphatic carbocycles. The van der Waals surface area contributed by atoms with Crippen LogP contribution in [0, 0.1) is 20.8 Å². The van der Waals surface area contributed by atoms with Gasteiger partial charge in [0.05, 0.1) is 6.04 Å². The van der Waals surface area contributed by atoms with Crippen molar-refractivity contribution in [2.24, 2.45) is 0 Å². The quantitative estimate of drug-likeness (QED) is 0.567. The minimum Gasteiger partial charge on any atom is -0.481 e. The van der Waals surface area contributed by atoms with E-state index in [4.69, 9.17) is 4.74 Å². The number of hydrogen-bond acceptors (Lipinski definition) is 2. The molecule has 0 aliphatic heterocycles. The summed E-state index contributed by atoms with van der Waals surface area (Å²) < 4.78 is 6.04. The zero-order valence-electron chi connectivity index (χ0n) is 17.6. The summed E-state index contributed by atoms with van der Waals surface area (Å²) in [5, 5.41) is 3.20. The number of benzene rings is 3. The Hall–Kier alpha value is -3.07. The maximum absolute atomic E-state index is 13.1. The van der Waals surface area contributed by atoms with E-state index in [0.717, 1.165) is 22.4 Å². The Kier molecular flexibility index (Phi) is 6.71. The predicted molar refractivity (Wildman–Crippen MR) is 118 cm³/mol. The van der Waals surface area contributed by atoms with Crippen molar-refractivity contribution in [1.29, 1.82) is 0 Å². The number of hydrogen-bond donors (Lipinski definition) is 1. The first-order valence-corrected chi connectivity index (χ1v) is 10.1. The van der Waals surface area contributed by atoms with Gasteiger partial charge in [-0.2, -0.15) is 0 Å². The van der Waals surface area contributed by atoms with Gasteiger partial charge < -0.3 is 10.1 Å².